The summed E-state index contributed by atoms with van der Waals surface area (Å²) < 4.78 is 7.86. The summed E-state index contributed by atoms with van der Waals surface area (Å²) >= 11 is 0. The van der Waals surface area contributed by atoms with Crippen LogP contribution in [0.2, 0.25) is 0 Å². The van der Waals surface area contributed by atoms with Gasteiger partial charge in [0.2, 0.25) is 0 Å². The number of nitrogens with zero attached hydrogens (tertiary/aromatic N) is 2. The molecule has 1 fully saturated rings. The molecule has 0 radical (unpaired) electrons. The molecule has 1 aromatic rings. The number of hydrogen-bond donors (Lipinski definition) is 0. The van der Waals surface area contributed by atoms with Gasteiger partial charge in [-0.25, -0.2) is 4.68 Å². The molecular formula is C12H16N2O. The van der Waals surface area contributed by atoms with Gasteiger partial charge < -0.3 is 4.74 Å². The Hall–Kier alpha value is -1.09. The van der Waals surface area contributed by atoms with Gasteiger partial charge in [0.25, 0.3) is 0 Å². The zero-order valence-corrected chi connectivity index (χ0v) is 8.85. The van der Waals surface area contributed by atoms with Gasteiger partial charge in [-0.05, 0) is 32.1 Å². The molecule has 3 rings (SSSR count). The number of rotatable bonds is 1. The molecule has 2 heterocycles. The molecule has 1 aliphatic carbocycles. The molecule has 0 spiro atoms. The summed E-state index contributed by atoms with van der Waals surface area (Å²) in [5.74, 6) is 0. The minimum atomic E-state index is 0.189. The van der Waals surface area contributed by atoms with Crippen molar-refractivity contribution in [2.24, 2.45) is 0 Å². The fourth-order valence-electron chi connectivity index (χ4n) is 2.39. The van der Waals surface area contributed by atoms with E-state index in [0.29, 0.717) is 0 Å². The number of hydrogen-bond acceptors (Lipinski definition) is 2. The summed E-state index contributed by atoms with van der Waals surface area (Å²) in [4.78, 5) is 0. The maximum Gasteiger partial charge on any atom is 0.150 e. The Balaban J connectivity index is 1.91. The van der Waals surface area contributed by atoms with Crippen LogP contribution in [-0.2, 0) is 11.2 Å². The Kier molecular flexibility index (Phi) is 2.33. The quantitative estimate of drug-likeness (QED) is 0.703. The van der Waals surface area contributed by atoms with E-state index in [9.17, 15) is 0 Å². The first-order valence-corrected chi connectivity index (χ1v) is 5.80. The molecular weight excluding hydrogens is 188 g/mol. The Bertz CT molecular complexity index is 375. The molecule has 1 unspecified atom stereocenters. The molecule has 3 heteroatoms. The fraction of sp³-hybridized carbons (Fsp3) is 0.583. The largest absolute Gasteiger partial charge is 0.357 e. The second-order valence-corrected chi connectivity index (χ2v) is 4.25. The smallest absolute Gasteiger partial charge is 0.150 e. The average molecular weight is 204 g/mol. The number of ether oxygens (including phenoxy) is 1. The average Bonchev–Trinajstić information content (AvgIpc) is 2.74. The SMILES string of the molecule is C1=Cc2cnn(C3CCCCO3)c2CC1. The first-order valence-electron chi connectivity index (χ1n) is 5.80. The lowest BCUT2D eigenvalue weighted by Gasteiger charge is -2.25. The van der Waals surface area contributed by atoms with E-state index in [1.807, 2.05) is 6.20 Å². The van der Waals surface area contributed by atoms with Gasteiger partial charge >= 0.3 is 0 Å². The van der Waals surface area contributed by atoms with Crippen molar-refractivity contribution in [1.82, 2.24) is 9.78 Å². The van der Waals surface area contributed by atoms with E-state index in [4.69, 9.17) is 4.74 Å². The van der Waals surface area contributed by atoms with Gasteiger partial charge in [0, 0.05) is 17.9 Å². The molecule has 0 bridgehead atoms. The van der Waals surface area contributed by atoms with Crippen molar-refractivity contribution >= 4 is 6.08 Å². The van der Waals surface area contributed by atoms with Crippen LogP contribution in [0, 0.1) is 0 Å². The molecule has 2 aliphatic rings. The lowest BCUT2D eigenvalue weighted by atomic mass is 10.1. The molecule has 1 aliphatic heterocycles. The molecule has 0 aromatic carbocycles. The highest BCUT2D eigenvalue weighted by molar-refractivity contribution is 5.53. The lowest BCUT2D eigenvalue weighted by Crippen LogP contribution is -2.21. The van der Waals surface area contributed by atoms with Gasteiger partial charge in [0.1, 0.15) is 6.23 Å². The second-order valence-electron chi connectivity index (χ2n) is 4.25. The third kappa shape index (κ3) is 1.61. The van der Waals surface area contributed by atoms with Gasteiger partial charge in [0.15, 0.2) is 0 Å². The standard InChI is InChI=1S/C12H16N2O/c1-2-6-11-10(5-1)9-13-14(11)12-7-3-4-8-15-12/h1,5,9,12H,2-4,6-8H2. The highest BCUT2D eigenvalue weighted by Gasteiger charge is 2.21. The lowest BCUT2D eigenvalue weighted by molar-refractivity contribution is -0.0411. The topological polar surface area (TPSA) is 27.1 Å². The van der Waals surface area contributed by atoms with Crippen LogP contribution < -0.4 is 0 Å². The Morgan fingerprint density at radius 2 is 2.40 bits per heavy atom. The van der Waals surface area contributed by atoms with Crippen LogP contribution in [0.25, 0.3) is 6.08 Å². The second kappa shape index (κ2) is 3.81. The minimum absolute atomic E-state index is 0.189. The van der Waals surface area contributed by atoms with Crippen molar-refractivity contribution in [2.45, 2.75) is 38.3 Å². The van der Waals surface area contributed by atoms with E-state index in [0.717, 1.165) is 25.9 Å². The first-order chi connectivity index (χ1) is 7.45. The van der Waals surface area contributed by atoms with E-state index >= 15 is 0 Å². The number of aromatic nitrogens is 2. The van der Waals surface area contributed by atoms with E-state index in [1.54, 1.807) is 0 Å². The Morgan fingerprint density at radius 3 is 3.27 bits per heavy atom. The molecule has 0 amide bonds. The fourth-order valence-corrected chi connectivity index (χ4v) is 2.39. The van der Waals surface area contributed by atoms with Crippen LogP contribution in [0.4, 0.5) is 0 Å². The molecule has 3 nitrogen and oxygen atoms in total. The monoisotopic (exact) mass is 204 g/mol. The summed E-state index contributed by atoms with van der Waals surface area (Å²) in [7, 11) is 0. The molecule has 1 aromatic heterocycles. The summed E-state index contributed by atoms with van der Waals surface area (Å²) in [6.45, 7) is 0.884. The molecule has 0 saturated carbocycles. The molecule has 0 N–H and O–H groups in total. The van der Waals surface area contributed by atoms with Crippen LogP contribution in [-0.4, -0.2) is 16.4 Å². The molecule has 1 atom stereocenters. The highest BCUT2D eigenvalue weighted by atomic mass is 16.5. The summed E-state index contributed by atoms with van der Waals surface area (Å²) in [5, 5.41) is 4.46. The summed E-state index contributed by atoms with van der Waals surface area (Å²) in [6.07, 6.45) is 12.3. The van der Waals surface area contributed by atoms with Crippen molar-refractivity contribution in [3.05, 3.63) is 23.5 Å². The number of fused-ring (bicyclic) bond motifs is 1. The predicted octanol–water partition coefficient (Wildman–Crippen LogP) is 2.54. The van der Waals surface area contributed by atoms with Crippen LogP contribution >= 0.6 is 0 Å². The number of allylic oxidation sites excluding steroid dienone is 1. The van der Waals surface area contributed by atoms with Crippen LogP contribution in [0.15, 0.2) is 12.3 Å². The van der Waals surface area contributed by atoms with E-state index < -0.39 is 0 Å². The normalized spacial score (nSPS) is 25.2. The third-order valence-electron chi connectivity index (χ3n) is 3.20. The maximum atomic E-state index is 5.76. The van der Waals surface area contributed by atoms with Gasteiger partial charge in [-0.3, -0.25) is 0 Å². The highest BCUT2D eigenvalue weighted by Crippen LogP contribution is 2.27. The van der Waals surface area contributed by atoms with Crippen molar-refractivity contribution in [3.8, 4) is 0 Å². The van der Waals surface area contributed by atoms with Crippen molar-refractivity contribution in [3.63, 3.8) is 0 Å². The molecule has 1 saturated heterocycles. The minimum Gasteiger partial charge on any atom is -0.357 e. The van der Waals surface area contributed by atoms with Crippen molar-refractivity contribution in [2.75, 3.05) is 6.61 Å². The zero-order chi connectivity index (χ0) is 10.1. The van der Waals surface area contributed by atoms with E-state index in [1.165, 1.54) is 24.1 Å². The van der Waals surface area contributed by atoms with E-state index in [-0.39, 0.29) is 6.23 Å². The van der Waals surface area contributed by atoms with E-state index in [2.05, 4.69) is 21.9 Å². The van der Waals surface area contributed by atoms with Crippen molar-refractivity contribution < 1.29 is 4.74 Å². The third-order valence-corrected chi connectivity index (χ3v) is 3.20. The van der Waals surface area contributed by atoms with Gasteiger partial charge in [-0.1, -0.05) is 12.2 Å². The Morgan fingerprint density at radius 1 is 1.40 bits per heavy atom. The van der Waals surface area contributed by atoms with Gasteiger partial charge in [0.05, 0.1) is 6.20 Å². The Labute approximate surface area is 89.7 Å². The van der Waals surface area contributed by atoms with Crippen LogP contribution in [0.1, 0.15) is 43.2 Å². The zero-order valence-electron chi connectivity index (χ0n) is 8.85. The molecule has 15 heavy (non-hydrogen) atoms. The van der Waals surface area contributed by atoms with Crippen LogP contribution in [0.5, 0.6) is 0 Å². The first kappa shape index (κ1) is 9.16. The predicted molar refractivity (Wildman–Crippen MR) is 58.4 cm³/mol. The molecule has 80 valence electrons. The van der Waals surface area contributed by atoms with Gasteiger partial charge in [-0.15, -0.1) is 0 Å². The van der Waals surface area contributed by atoms with Crippen molar-refractivity contribution in [1.29, 1.82) is 0 Å². The summed E-state index contributed by atoms with van der Waals surface area (Å²) in [6, 6.07) is 0. The summed E-state index contributed by atoms with van der Waals surface area (Å²) in [5.41, 5.74) is 2.62. The van der Waals surface area contributed by atoms with Gasteiger partial charge in [-0.2, -0.15) is 5.10 Å². The van der Waals surface area contributed by atoms with Crippen LogP contribution in [0.3, 0.4) is 0 Å². The maximum absolute atomic E-state index is 5.76.